The largest absolute Gasteiger partial charge is 0.378 e. The van der Waals surface area contributed by atoms with Crippen molar-refractivity contribution in [3.05, 3.63) is 0 Å². The molecule has 1 heterocycles. The zero-order chi connectivity index (χ0) is 8.97. The Kier molecular flexibility index (Phi) is 3.95. The van der Waals surface area contributed by atoms with Crippen molar-refractivity contribution < 1.29 is 9.13 Å². The third-order valence-electron chi connectivity index (χ3n) is 2.19. The molecule has 3 heteroatoms. The van der Waals surface area contributed by atoms with Crippen LogP contribution in [0.15, 0.2) is 0 Å². The minimum atomic E-state index is -0.725. The van der Waals surface area contributed by atoms with Crippen LogP contribution in [0.5, 0.6) is 0 Å². The normalized spacial score (nSPS) is 31.0. The molecule has 1 saturated heterocycles. The van der Waals surface area contributed by atoms with E-state index in [1.165, 1.54) is 0 Å². The van der Waals surface area contributed by atoms with Gasteiger partial charge in [-0.25, -0.2) is 4.39 Å². The Morgan fingerprint density at radius 1 is 1.58 bits per heavy atom. The number of piperidine rings is 1. The van der Waals surface area contributed by atoms with E-state index in [1.54, 1.807) is 0 Å². The zero-order valence-corrected chi connectivity index (χ0v) is 7.85. The molecule has 0 aromatic rings. The molecular formula is C9H18FNO. The SMILES string of the molecule is CC(C)OCC1CCNCC1F. The predicted molar refractivity (Wildman–Crippen MR) is 47.0 cm³/mol. The molecule has 72 valence electrons. The molecule has 0 spiro atoms. The number of ether oxygens (including phenoxy) is 1. The highest BCUT2D eigenvalue weighted by atomic mass is 19.1. The van der Waals surface area contributed by atoms with Crippen LogP contribution in [0.3, 0.4) is 0 Å². The summed E-state index contributed by atoms with van der Waals surface area (Å²) in [6.07, 6.45) is 0.387. The van der Waals surface area contributed by atoms with Gasteiger partial charge in [-0.3, -0.25) is 0 Å². The van der Waals surface area contributed by atoms with Gasteiger partial charge in [0.2, 0.25) is 0 Å². The van der Waals surface area contributed by atoms with E-state index < -0.39 is 6.17 Å². The summed E-state index contributed by atoms with van der Waals surface area (Å²) in [5.74, 6) is 0.105. The van der Waals surface area contributed by atoms with Crippen molar-refractivity contribution >= 4 is 0 Å². The highest BCUT2D eigenvalue weighted by Crippen LogP contribution is 2.16. The van der Waals surface area contributed by atoms with Crippen molar-refractivity contribution in [3.8, 4) is 0 Å². The molecule has 0 bridgehead atoms. The Balaban J connectivity index is 2.20. The van der Waals surface area contributed by atoms with E-state index in [1.807, 2.05) is 13.8 Å². The van der Waals surface area contributed by atoms with Crippen LogP contribution < -0.4 is 5.32 Å². The van der Waals surface area contributed by atoms with Crippen molar-refractivity contribution in [2.75, 3.05) is 19.7 Å². The van der Waals surface area contributed by atoms with Crippen LogP contribution in [-0.2, 0) is 4.74 Å². The predicted octanol–water partition coefficient (Wildman–Crippen LogP) is 1.36. The summed E-state index contributed by atoms with van der Waals surface area (Å²) in [5, 5.41) is 3.02. The molecule has 0 aromatic heterocycles. The number of nitrogens with one attached hydrogen (secondary N) is 1. The molecule has 2 unspecified atom stereocenters. The maximum absolute atomic E-state index is 13.2. The summed E-state index contributed by atoms with van der Waals surface area (Å²) in [6, 6.07) is 0. The minimum absolute atomic E-state index is 0.105. The molecular weight excluding hydrogens is 157 g/mol. The van der Waals surface area contributed by atoms with Gasteiger partial charge in [0.1, 0.15) is 6.17 Å². The first-order valence-electron chi connectivity index (χ1n) is 4.66. The van der Waals surface area contributed by atoms with Crippen molar-refractivity contribution in [1.29, 1.82) is 0 Å². The topological polar surface area (TPSA) is 21.3 Å². The van der Waals surface area contributed by atoms with Gasteiger partial charge in [0.25, 0.3) is 0 Å². The third-order valence-corrected chi connectivity index (χ3v) is 2.19. The number of halogens is 1. The van der Waals surface area contributed by atoms with Gasteiger partial charge in [0, 0.05) is 12.5 Å². The van der Waals surface area contributed by atoms with Crippen LogP contribution in [0, 0.1) is 5.92 Å². The van der Waals surface area contributed by atoms with Crippen molar-refractivity contribution in [3.63, 3.8) is 0 Å². The molecule has 1 rings (SSSR count). The fourth-order valence-electron chi connectivity index (χ4n) is 1.38. The Morgan fingerprint density at radius 3 is 2.92 bits per heavy atom. The standard InChI is InChI=1S/C9H18FNO/c1-7(2)12-6-8-3-4-11-5-9(8)10/h7-9,11H,3-6H2,1-2H3. The first-order chi connectivity index (χ1) is 5.70. The quantitative estimate of drug-likeness (QED) is 0.699. The fourth-order valence-corrected chi connectivity index (χ4v) is 1.38. The summed E-state index contributed by atoms with van der Waals surface area (Å²) >= 11 is 0. The first kappa shape index (κ1) is 9.93. The second-order valence-electron chi connectivity index (χ2n) is 3.65. The van der Waals surface area contributed by atoms with Crippen LogP contribution in [0.4, 0.5) is 4.39 Å². The lowest BCUT2D eigenvalue weighted by Gasteiger charge is -2.27. The zero-order valence-electron chi connectivity index (χ0n) is 7.85. The van der Waals surface area contributed by atoms with Crippen molar-refractivity contribution in [1.82, 2.24) is 5.32 Å². The van der Waals surface area contributed by atoms with Gasteiger partial charge in [-0.1, -0.05) is 0 Å². The highest BCUT2D eigenvalue weighted by molar-refractivity contribution is 4.77. The van der Waals surface area contributed by atoms with Gasteiger partial charge in [-0.2, -0.15) is 0 Å². The van der Waals surface area contributed by atoms with Crippen LogP contribution in [0.2, 0.25) is 0 Å². The summed E-state index contributed by atoms with van der Waals surface area (Å²) in [5.41, 5.74) is 0. The van der Waals surface area contributed by atoms with E-state index in [0.29, 0.717) is 13.2 Å². The lowest BCUT2D eigenvalue weighted by Crippen LogP contribution is -2.40. The average Bonchev–Trinajstić information content (AvgIpc) is 2.03. The van der Waals surface area contributed by atoms with Gasteiger partial charge >= 0.3 is 0 Å². The van der Waals surface area contributed by atoms with Crippen LogP contribution in [0.1, 0.15) is 20.3 Å². The van der Waals surface area contributed by atoms with E-state index in [9.17, 15) is 4.39 Å². The molecule has 0 aliphatic carbocycles. The Morgan fingerprint density at radius 2 is 2.33 bits per heavy atom. The van der Waals surface area contributed by atoms with E-state index >= 15 is 0 Å². The van der Waals surface area contributed by atoms with Crippen LogP contribution in [0.25, 0.3) is 0 Å². The third kappa shape index (κ3) is 3.07. The number of hydrogen-bond donors (Lipinski definition) is 1. The fraction of sp³-hybridized carbons (Fsp3) is 1.00. The molecule has 1 N–H and O–H groups in total. The number of rotatable bonds is 3. The summed E-state index contributed by atoms with van der Waals surface area (Å²) in [6.45, 7) is 5.95. The Hall–Kier alpha value is -0.150. The molecule has 0 aromatic carbocycles. The molecule has 12 heavy (non-hydrogen) atoms. The Labute approximate surface area is 73.5 Å². The molecule has 1 aliphatic rings. The maximum atomic E-state index is 13.2. The minimum Gasteiger partial charge on any atom is -0.378 e. The molecule has 2 nitrogen and oxygen atoms in total. The molecule has 0 amide bonds. The molecule has 0 radical (unpaired) electrons. The van der Waals surface area contributed by atoms with Crippen LogP contribution >= 0.6 is 0 Å². The van der Waals surface area contributed by atoms with E-state index in [0.717, 1.165) is 13.0 Å². The van der Waals surface area contributed by atoms with Crippen molar-refractivity contribution in [2.24, 2.45) is 5.92 Å². The summed E-state index contributed by atoms with van der Waals surface area (Å²) < 4.78 is 18.5. The van der Waals surface area contributed by atoms with Crippen LogP contribution in [-0.4, -0.2) is 32.0 Å². The number of alkyl halides is 1. The lowest BCUT2D eigenvalue weighted by atomic mass is 9.97. The first-order valence-corrected chi connectivity index (χ1v) is 4.66. The second-order valence-corrected chi connectivity index (χ2v) is 3.65. The highest BCUT2D eigenvalue weighted by Gasteiger charge is 2.24. The smallest absolute Gasteiger partial charge is 0.118 e. The Bertz CT molecular complexity index is 130. The van der Waals surface area contributed by atoms with Gasteiger partial charge in [0.05, 0.1) is 12.7 Å². The molecule has 1 fully saturated rings. The maximum Gasteiger partial charge on any atom is 0.118 e. The molecule has 0 saturated carbocycles. The summed E-state index contributed by atoms with van der Waals surface area (Å²) in [7, 11) is 0. The van der Waals surface area contributed by atoms with Gasteiger partial charge in [-0.15, -0.1) is 0 Å². The molecule has 1 aliphatic heterocycles. The van der Waals surface area contributed by atoms with E-state index in [-0.39, 0.29) is 12.0 Å². The van der Waals surface area contributed by atoms with Gasteiger partial charge in [-0.05, 0) is 26.8 Å². The van der Waals surface area contributed by atoms with Crippen molar-refractivity contribution in [2.45, 2.75) is 32.5 Å². The van der Waals surface area contributed by atoms with Gasteiger partial charge in [0.15, 0.2) is 0 Å². The number of hydrogen-bond acceptors (Lipinski definition) is 2. The van der Waals surface area contributed by atoms with Gasteiger partial charge < -0.3 is 10.1 Å². The average molecular weight is 175 g/mol. The lowest BCUT2D eigenvalue weighted by molar-refractivity contribution is 0.0170. The van der Waals surface area contributed by atoms with E-state index in [4.69, 9.17) is 4.74 Å². The monoisotopic (exact) mass is 175 g/mol. The second kappa shape index (κ2) is 4.77. The van der Waals surface area contributed by atoms with E-state index in [2.05, 4.69) is 5.32 Å². The summed E-state index contributed by atoms with van der Waals surface area (Å²) in [4.78, 5) is 0. The molecule has 2 atom stereocenters.